The Morgan fingerprint density at radius 1 is 1.12 bits per heavy atom. The van der Waals surface area contributed by atoms with Gasteiger partial charge in [0.2, 0.25) is 5.91 Å². The van der Waals surface area contributed by atoms with Gasteiger partial charge in [-0.3, -0.25) is 9.69 Å². The van der Waals surface area contributed by atoms with Gasteiger partial charge in [0, 0.05) is 17.1 Å². The largest absolute Gasteiger partial charge is 0.463 e. The lowest BCUT2D eigenvalue weighted by Gasteiger charge is -2.31. The van der Waals surface area contributed by atoms with Gasteiger partial charge < -0.3 is 20.7 Å². The monoisotopic (exact) mass is 468 g/mol. The summed E-state index contributed by atoms with van der Waals surface area (Å²) in [5.74, 6) is -0.710. The van der Waals surface area contributed by atoms with Gasteiger partial charge in [0.15, 0.2) is 0 Å². The zero-order chi connectivity index (χ0) is 23.8. The molecule has 2 aromatic carbocycles. The highest BCUT2D eigenvalue weighted by Crippen LogP contribution is 2.28. The average molecular weight is 469 g/mol. The molecule has 33 heavy (non-hydrogen) atoms. The van der Waals surface area contributed by atoms with Gasteiger partial charge in [-0.1, -0.05) is 42.5 Å². The molecule has 0 bridgehead atoms. The van der Waals surface area contributed by atoms with Crippen molar-refractivity contribution in [3.8, 4) is 0 Å². The summed E-state index contributed by atoms with van der Waals surface area (Å²) in [4.78, 5) is 40.6. The van der Waals surface area contributed by atoms with E-state index in [2.05, 4.69) is 16.0 Å². The maximum Gasteiger partial charge on any atom is 0.338 e. The maximum atomic E-state index is 12.8. The third kappa shape index (κ3) is 6.36. The zero-order valence-electron chi connectivity index (χ0n) is 18.9. The Labute approximate surface area is 197 Å². The number of ether oxygens (including phenoxy) is 1. The van der Waals surface area contributed by atoms with E-state index in [0.29, 0.717) is 11.3 Å². The fraction of sp³-hybridized carbons (Fsp3) is 0.292. The summed E-state index contributed by atoms with van der Waals surface area (Å²) >= 11 is 1.55. The van der Waals surface area contributed by atoms with E-state index < -0.39 is 18.0 Å². The van der Waals surface area contributed by atoms with E-state index in [9.17, 15) is 14.4 Å². The first kappa shape index (κ1) is 24.3. The molecule has 1 aliphatic rings. The lowest BCUT2D eigenvalue weighted by molar-refractivity contribution is -0.139. The van der Waals surface area contributed by atoms with Crippen LogP contribution in [0.15, 0.2) is 70.8 Å². The van der Waals surface area contributed by atoms with Crippen molar-refractivity contribution in [3.63, 3.8) is 0 Å². The Kier molecular flexibility index (Phi) is 8.51. The number of hydrogen-bond donors (Lipinski definition) is 3. The average Bonchev–Trinajstić information content (AvgIpc) is 2.79. The van der Waals surface area contributed by atoms with E-state index in [1.165, 1.54) is 0 Å². The predicted molar refractivity (Wildman–Crippen MR) is 129 cm³/mol. The molecule has 3 rings (SSSR count). The minimum absolute atomic E-state index is 0.0711. The van der Waals surface area contributed by atoms with Crippen molar-refractivity contribution in [2.75, 3.05) is 38.3 Å². The van der Waals surface area contributed by atoms with Crippen LogP contribution < -0.4 is 16.0 Å². The molecular formula is C24H28N4O4S. The van der Waals surface area contributed by atoms with Crippen LogP contribution in [0, 0.1) is 0 Å². The number of rotatable bonds is 9. The minimum atomic E-state index is -0.648. The van der Waals surface area contributed by atoms with E-state index in [1.807, 2.05) is 60.9 Å². The van der Waals surface area contributed by atoms with Crippen LogP contribution in [0.5, 0.6) is 0 Å². The second kappa shape index (κ2) is 11.5. The van der Waals surface area contributed by atoms with Gasteiger partial charge in [-0.2, -0.15) is 0 Å². The SMILES string of the molecule is CCOC(=O)C1=C(CN(C)CC(=O)Nc2ccccc2SC)NC(=O)NC1c1ccccc1. The summed E-state index contributed by atoms with van der Waals surface area (Å²) in [5, 5.41) is 8.45. The van der Waals surface area contributed by atoms with Crippen LogP contribution in [0.2, 0.25) is 0 Å². The van der Waals surface area contributed by atoms with E-state index in [0.717, 1.165) is 16.1 Å². The van der Waals surface area contributed by atoms with Crippen molar-refractivity contribution >= 4 is 35.4 Å². The van der Waals surface area contributed by atoms with Crippen molar-refractivity contribution in [2.24, 2.45) is 0 Å². The van der Waals surface area contributed by atoms with Crippen LogP contribution in [0.1, 0.15) is 18.5 Å². The van der Waals surface area contributed by atoms with Crippen LogP contribution in [0.4, 0.5) is 10.5 Å². The lowest BCUT2D eigenvalue weighted by atomic mass is 9.95. The van der Waals surface area contributed by atoms with Crippen molar-refractivity contribution in [1.82, 2.24) is 15.5 Å². The van der Waals surface area contributed by atoms with E-state index in [1.54, 1.807) is 30.6 Å². The van der Waals surface area contributed by atoms with Gasteiger partial charge in [-0.15, -0.1) is 11.8 Å². The summed E-state index contributed by atoms with van der Waals surface area (Å²) in [6.45, 7) is 2.19. The highest BCUT2D eigenvalue weighted by atomic mass is 32.2. The van der Waals surface area contributed by atoms with Gasteiger partial charge >= 0.3 is 12.0 Å². The van der Waals surface area contributed by atoms with Gasteiger partial charge in [0.25, 0.3) is 0 Å². The van der Waals surface area contributed by atoms with Crippen molar-refractivity contribution in [1.29, 1.82) is 0 Å². The van der Waals surface area contributed by atoms with Crippen molar-refractivity contribution in [2.45, 2.75) is 17.9 Å². The molecule has 8 nitrogen and oxygen atoms in total. The molecule has 0 saturated carbocycles. The summed E-state index contributed by atoms with van der Waals surface area (Å²) in [6.07, 6.45) is 1.95. The number of amides is 3. The molecular weight excluding hydrogens is 440 g/mol. The normalized spacial score (nSPS) is 15.6. The molecule has 1 atom stereocenters. The molecule has 0 saturated heterocycles. The van der Waals surface area contributed by atoms with Crippen LogP contribution in [-0.4, -0.2) is 55.8 Å². The Balaban J connectivity index is 1.80. The molecule has 0 aliphatic carbocycles. The Morgan fingerprint density at radius 2 is 1.82 bits per heavy atom. The van der Waals surface area contributed by atoms with Crippen molar-refractivity contribution < 1.29 is 19.1 Å². The number of esters is 1. The summed E-state index contributed by atoms with van der Waals surface area (Å²) in [5.41, 5.74) is 2.24. The number of thioether (sulfide) groups is 1. The Hall–Kier alpha value is -3.30. The van der Waals surface area contributed by atoms with E-state index >= 15 is 0 Å². The Bertz CT molecular complexity index is 1040. The summed E-state index contributed by atoms with van der Waals surface area (Å²) < 4.78 is 5.28. The summed E-state index contributed by atoms with van der Waals surface area (Å²) in [6, 6.07) is 15.7. The maximum absolute atomic E-state index is 12.8. The number of nitrogens with zero attached hydrogens (tertiary/aromatic N) is 1. The number of urea groups is 1. The number of nitrogens with one attached hydrogen (secondary N) is 3. The first-order valence-corrected chi connectivity index (χ1v) is 11.8. The number of para-hydroxylation sites is 1. The Morgan fingerprint density at radius 3 is 2.52 bits per heavy atom. The standard InChI is InChI=1S/C24H28N4O4S/c1-4-32-23(30)21-18(26-24(31)27-22(21)16-10-6-5-7-11-16)14-28(2)15-20(29)25-17-12-8-9-13-19(17)33-3/h5-13,22H,4,14-15H2,1-3H3,(H,25,29)(H2,26,27,31). The number of anilines is 1. The molecule has 1 unspecified atom stereocenters. The second-order valence-electron chi connectivity index (χ2n) is 7.48. The topological polar surface area (TPSA) is 99.8 Å². The zero-order valence-corrected chi connectivity index (χ0v) is 19.7. The van der Waals surface area contributed by atoms with Crippen LogP contribution in [-0.2, 0) is 14.3 Å². The predicted octanol–water partition coefficient (Wildman–Crippen LogP) is 3.15. The fourth-order valence-corrected chi connectivity index (χ4v) is 4.15. The highest BCUT2D eigenvalue weighted by molar-refractivity contribution is 7.98. The smallest absolute Gasteiger partial charge is 0.338 e. The second-order valence-corrected chi connectivity index (χ2v) is 8.32. The molecule has 0 aromatic heterocycles. The molecule has 1 heterocycles. The number of carbonyl (C=O) groups is 3. The molecule has 0 spiro atoms. The number of carbonyl (C=O) groups excluding carboxylic acids is 3. The number of hydrogen-bond acceptors (Lipinski definition) is 6. The number of benzene rings is 2. The van der Waals surface area contributed by atoms with Crippen LogP contribution >= 0.6 is 11.8 Å². The highest BCUT2D eigenvalue weighted by Gasteiger charge is 2.34. The molecule has 2 aromatic rings. The molecule has 1 aliphatic heterocycles. The first-order chi connectivity index (χ1) is 15.9. The van der Waals surface area contributed by atoms with E-state index in [-0.39, 0.29) is 25.6 Å². The molecule has 174 valence electrons. The van der Waals surface area contributed by atoms with Gasteiger partial charge in [-0.05, 0) is 37.9 Å². The molecule has 9 heteroatoms. The van der Waals surface area contributed by atoms with E-state index in [4.69, 9.17) is 4.74 Å². The van der Waals surface area contributed by atoms with Gasteiger partial charge in [0.05, 0.1) is 30.5 Å². The third-order valence-corrected chi connectivity index (χ3v) is 5.80. The molecule has 3 amide bonds. The third-order valence-electron chi connectivity index (χ3n) is 5.00. The number of likely N-dealkylation sites (N-methyl/N-ethyl adjacent to an activating group) is 1. The summed E-state index contributed by atoms with van der Waals surface area (Å²) in [7, 11) is 1.75. The van der Waals surface area contributed by atoms with Crippen molar-refractivity contribution in [3.05, 3.63) is 71.4 Å². The van der Waals surface area contributed by atoms with Crippen LogP contribution in [0.25, 0.3) is 0 Å². The van der Waals surface area contributed by atoms with Gasteiger partial charge in [-0.25, -0.2) is 9.59 Å². The lowest BCUT2D eigenvalue weighted by Crippen LogP contribution is -2.48. The molecule has 0 radical (unpaired) electrons. The minimum Gasteiger partial charge on any atom is -0.463 e. The van der Waals surface area contributed by atoms with Crippen LogP contribution in [0.3, 0.4) is 0 Å². The van der Waals surface area contributed by atoms with Gasteiger partial charge in [0.1, 0.15) is 0 Å². The molecule has 0 fully saturated rings. The fourth-order valence-electron chi connectivity index (χ4n) is 3.60. The first-order valence-electron chi connectivity index (χ1n) is 10.6. The molecule has 3 N–H and O–H groups in total. The quantitative estimate of drug-likeness (QED) is 0.386.